The van der Waals surface area contributed by atoms with Crippen LogP contribution in [-0.4, -0.2) is 28.9 Å². The summed E-state index contributed by atoms with van der Waals surface area (Å²) >= 11 is 1.34. The minimum Gasteiger partial charge on any atom is -0.503 e. The molecule has 32 heavy (non-hydrogen) atoms. The molecule has 1 amide bonds. The van der Waals surface area contributed by atoms with Gasteiger partial charge >= 0.3 is 0 Å². The number of nitrogens with zero attached hydrogens (tertiary/aromatic N) is 2. The van der Waals surface area contributed by atoms with Crippen molar-refractivity contribution in [3.05, 3.63) is 101 Å². The molecule has 1 aliphatic heterocycles. The number of para-hydroxylation sites is 1. The summed E-state index contributed by atoms with van der Waals surface area (Å²) in [6.45, 7) is 0. The number of hydrogen-bond acceptors (Lipinski definition) is 6. The quantitative estimate of drug-likeness (QED) is 0.436. The Morgan fingerprint density at radius 3 is 2.38 bits per heavy atom. The fourth-order valence-corrected chi connectivity index (χ4v) is 4.84. The van der Waals surface area contributed by atoms with E-state index in [1.54, 1.807) is 61.7 Å². The number of carbonyl (C=O) groups excluding carboxylic acids is 2. The molecule has 3 aromatic carbocycles. The lowest BCUT2D eigenvalue weighted by Gasteiger charge is -2.24. The summed E-state index contributed by atoms with van der Waals surface area (Å²) in [5.41, 5.74) is 1.84. The number of benzene rings is 3. The van der Waals surface area contributed by atoms with Crippen LogP contribution in [0.3, 0.4) is 0 Å². The minimum atomic E-state index is -0.818. The number of rotatable bonds is 5. The Kier molecular flexibility index (Phi) is 4.95. The number of ether oxygens (including phenoxy) is 1. The summed E-state index contributed by atoms with van der Waals surface area (Å²) in [5, 5.41) is 11.3. The third-order valence-electron chi connectivity index (χ3n) is 5.41. The number of aliphatic hydroxyl groups is 1. The van der Waals surface area contributed by atoms with Crippen molar-refractivity contribution in [2.24, 2.45) is 0 Å². The second-order valence-electron chi connectivity index (χ2n) is 7.27. The van der Waals surface area contributed by atoms with Crippen LogP contribution in [0.5, 0.6) is 5.75 Å². The van der Waals surface area contributed by atoms with Gasteiger partial charge in [-0.25, -0.2) is 4.98 Å². The molecule has 0 aliphatic carbocycles. The van der Waals surface area contributed by atoms with Crippen molar-refractivity contribution in [1.29, 1.82) is 0 Å². The van der Waals surface area contributed by atoms with Gasteiger partial charge in [0.15, 0.2) is 16.7 Å². The molecule has 0 bridgehead atoms. The molecule has 0 radical (unpaired) electrons. The van der Waals surface area contributed by atoms with Gasteiger partial charge in [0.1, 0.15) is 5.75 Å². The minimum absolute atomic E-state index is 0.0330. The molecule has 0 saturated heterocycles. The van der Waals surface area contributed by atoms with Crippen molar-refractivity contribution < 1.29 is 19.4 Å². The smallest absolute Gasteiger partial charge is 0.296 e. The van der Waals surface area contributed by atoms with E-state index in [0.29, 0.717) is 22.0 Å². The number of aromatic nitrogens is 1. The number of Topliss-reactive ketones (excluding diaryl/α,β-unsaturated/α-hetero) is 1. The molecule has 7 heteroatoms. The first-order chi connectivity index (χ1) is 15.6. The van der Waals surface area contributed by atoms with Crippen LogP contribution in [0.2, 0.25) is 0 Å². The Balaban J connectivity index is 1.67. The molecule has 1 aliphatic rings. The van der Waals surface area contributed by atoms with Gasteiger partial charge in [0.25, 0.3) is 5.91 Å². The first-order valence-corrected chi connectivity index (χ1v) is 10.8. The van der Waals surface area contributed by atoms with Gasteiger partial charge in [-0.15, -0.1) is 0 Å². The molecule has 1 atom stereocenters. The second kappa shape index (κ2) is 7.94. The van der Waals surface area contributed by atoms with Gasteiger partial charge in [-0.3, -0.25) is 14.5 Å². The lowest BCUT2D eigenvalue weighted by Crippen LogP contribution is -2.30. The molecule has 1 N–H and O–H groups in total. The van der Waals surface area contributed by atoms with E-state index in [9.17, 15) is 14.7 Å². The third kappa shape index (κ3) is 3.23. The Morgan fingerprint density at radius 1 is 1.00 bits per heavy atom. The van der Waals surface area contributed by atoms with Gasteiger partial charge in [0.2, 0.25) is 0 Å². The number of fused-ring (bicyclic) bond motifs is 1. The topological polar surface area (TPSA) is 79.7 Å². The molecule has 0 fully saturated rings. The third-order valence-corrected chi connectivity index (χ3v) is 6.44. The lowest BCUT2D eigenvalue weighted by atomic mass is 9.93. The predicted molar refractivity (Wildman–Crippen MR) is 123 cm³/mol. The highest BCUT2D eigenvalue weighted by atomic mass is 32.1. The Bertz CT molecular complexity index is 1330. The van der Waals surface area contributed by atoms with Crippen LogP contribution in [0.4, 0.5) is 5.13 Å². The number of methoxy groups -OCH3 is 1. The highest BCUT2D eigenvalue weighted by Gasteiger charge is 2.45. The molecule has 6 nitrogen and oxygen atoms in total. The lowest BCUT2D eigenvalue weighted by molar-refractivity contribution is -0.117. The summed E-state index contributed by atoms with van der Waals surface area (Å²) in [6.07, 6.45) is 0. The van der Waals surface area contributed by atoms with E-state index in [1.165, 1.54) is 16.2 Å². The van der Waals surface area contributed by atoms with Crippen LogP contribution in [-0.2, 0) is 4.79 Å². The van der Waals surface area contributed by atoms with E-state index < -0.39 is 23.5 Å². The molecular formula is C25H18N2O4S. The summed E-state index contributed by atoms with van der Waals surface area (Å²) in [4.78, 5) is 32.7. The molecule has 5 rings (SSSR count). The van der Waals surface area contributed by atoms with E-state index >= 15 is 0 Å². The number of amides is 1. The SMILES string of the molecule is COc1ccc(C2C(C(=O)c3ccccc3)=C(O)C(=O)N2c2nc3ccccc3s2)cc1. The molecule has 2 heterocycles. The number of thiazole rings is 1. The highest BCUT2D eigenvalue weighted by molar-refractivity contribution is 7.22. The Labute approximate surface area is 188 Å². The van der Waals surface area contributed by atoms with Gasteiger partial charge in [-0.1, -0.05) is 65.9 Å². The fraction of sp³-hybridized carbons (Fsp3) is 0.0800. The van der Waals surface area contributed by atoms with E-state index in [0.717, 1.165) is 10.2 Å². The maximum Gasteiger partial charge on any atom is 0.296 e. The first kappa shape index (κ1) is 20.0. The molecule has 1 unspecified atom stereocenters. The number of aliphatic hydroxyl groups excluding tert-OH is 1. The molecule has 0 spiro atoms. The molecule has 0 saturated carbocycles. The summed E-state index contributed by atoms with van der Waals surface area (Å²) in [5.74, 6) is -0.960. The zero-order valence-electron chi connectivity index (χ0n) is 17.1. The monoisotopic (exact) mass is 442 g/mol. The average Bonchev–Trinajstić information content (AvgIpc) is 3.38. The Morgan fingerprint density at radius 2 is 1.69 bits per heavy atom. The van der Waals surface area contributed by atoms with Crippen LogP contribution in [0, 0.1) is 0 Å². The predicted octanol–water partition coefficient (Wildman–Crippen LogP) is 5.09. The van der Waals surface area contributed by atoms with Crippen LogP contribution < -0.4 is 9.64 Å². The molecular weight excluding hydrogens is 424 g/mol. The van der Waals surface area contributed by atoms with Crippen molar-refractivity contribution in [2.75, 3.05) is 12.0 Å². The fourth-order valence-electron chi connectivity index (χ4n) is 3.84. The van der Waals surface area contributed by atoms with E-state index in [4.69, 9.17) is 4.74 Å². The summed E-state index contributed by atoms with van der Waals surface area (Å²) in [7, 11) is 1.57. The van der Waals surface area contributed by atoms with Crippen LogP contribution in [0.15, 0.2) is 90.2 Å². The van der Waals surface area contributed by atoms with Crippen molar-refractivity contribution in [3.63, 3.8) is 0 Å². The largest absolute Gasteiger partial charge is 0.503 e. The van der Waals surface area contributed by atoms with Crippen molar-refractivity contribution in [3.8, 4) is 5.75 Å². The van der Waals surface area contributed by atoms with Crippen LogP contribution in [0.1, 0.15) is 22.0 Å². The van der Waals surface area contributed by atoms with Gasteiger partial charge in [-0.05, 0) is 29.8 Å². The van der Waals surface area contributed by atoms with Gasteiger partial charge in [0.05, 0.1) is 28.9 Å². The number of hydrogen-bond donors (Lipinski definition) is 1. The van der Waals surface area contributed by atoms with Gasteiger partial charge < -0.3 is 9.84 Å². The van der Waals surface area contributed by atoms with Crippen molar-refractivity contribution >= 4 is 38.4 Å². The molecule has 1 aromatic heterocycles. The maximum atomic E-state index is 13.4. The second-order valence-corrected chi connectivity index (χ2v) is 8.28. The first-order valence-electron chi connectivity index (χ1n) is 9.94. The summed E-state index contributed by atoms with van der Waals surface area (Å²) < 4.78 is 6.16. The zero-order valence-corrected chi connectivity index (χ0v) is 17.9. The van der Waals surface area contributed by atoms with Gasteiger partial charge in [0, 0.05) is 5.56 Å². The highest BCUT2D eigenvalue weighted by Crippen LogP contribution is 2.44. The van der Waals surface area contributed by atoms with E-state index in [-0.39, 0.29) is 5.57 Å². The van der Waals surface area contributed by atoms with Crippen molar-refractivity contribution in [2.45, 2.75) is 6.04 Å². The number of carbonyl (C=O) groups is 2. The van der Waals surface area contributed by atoms with E-state index in [1.807, 2.05) is 24.3 Å². The average molecular weight is 442 g/mol. The summed E-state index contributed by atoms with van der Waals surface area (Å²) in [6, 6.07) is 22.5. The Hall–Kier alpha value is -3.97. The van der Waals surface area contributed by atoms with Crippen LogP contribution >= 0.6 is 11.3 Å². The van der Waals surface area contributed by atoms with E-state index in [2.05, 4.69) is 4.98 Å². The van der Waals surface area contributed by atoms with Crippen LogP contribution in [0.25, 0.3) is 10.2 Å². The van der Waals surface area contributed by atoms with Crippen molar-refractivity contribution in [1.82, 2.24) is 4.98 Å². The standard InChI is InChI=1S/C25H18N2O4S/c1-31-17-13-11-15(12-14-17)21-20(22(28)16-7-3-2-4-8-16)23(29)24(30)27(21)25-26-18-9-5-6-10-19(18)32-25/h2-14,21,29H,1H3. The van der Waals surface area contributed by atoms with Gasteiger partial charge in [-0.2, -0.15) is 0 Å². The maximum absolute atomic E-state index is 13.4. The molecule has 158 valence electrons. The molecule has 4 aromatic rings. The number of anilines is 1. The number of ketones is 1. The zero-order chi connectivity index (χ0) is 22.2. The normalized spacial score (nSPS) is 16.1.